The predicted octanol–water partition coefficient (Wildman–Crippen LogP) is 2.87. The number of pyridine rings is 1. The number of aryl methyl sites for hydroxylation is 1. The Kier molecular flexibility index (Phi) is 6.29. The van der Waals surface area contributed by atoms with Crippen LogP contribution in [0.4, 0.5) is 4.79 Å². The lowest BCUT2D eigenvalue weighted by atomic mass is 10.1. The molecule has 0 radical (unpaired) electrons. The van der Waals surface area contributed by atoms with Gasteiger partial charge in [0.05, 0.1) is 12.4 Å². The van der Waals surface area contributed by atoms with Crippen molar-refractivity contribution in [2.75, 3.05) is 7.11 Å². The molecule has 3 heterocycles. The quantitative estimate of drug-likeness (QED) is 0.637. The molecule has 0 spiro atoms. The molecule has 0 saturated carbocycles. The van der Waals surface area contributed by atoms with Gasteiger partial charge in [-0.15, -0.1) is 12.4 Å². The maximum Gasteiger partial charge on any atom is 0.286 e. The molecule has 1 N–H and O–H groups in total. The molecule has 1 aliphatic rings. The zero-order valence-electron chi connectivity index (χ0n) is 15.7. The van der Waals surface area contributed by atoms with Crippen LogP contribution in [0, 0.1) is 0 Å². The van der Waals surface area contributed by atoms with Crippen molar-refractivity contribution in [2.45, 2.75) is 18.3 Å². The van der Waals surface area contributed by atoms with Gasteiger partial charge in [-0.25, -0.2) is 4.98 Å². The normalized spacial score (nSPS) is 15.9. The van der Waals surface area contributed by atoms with Gasteiger partial charge in [-0.2, -0.15) is 4.98 Å². The minimum atomic E-state index is -0.372. The standard InChI is InChI=1S/C19H18N4O4S.ClH/c1-23-15(20-13-7-8-16(26-2)21-17(13)23)10-27-12-5-3-11(4-6-12)9-14-18(24)22-19(25)28-14;/h3-8,14H,9-10H2,1-2H3,(H,22,24,25);1H. The smallest absolute Gasteiger partial charge is 0.286 e. The van der Waals surface area contributed by atoms with E-state index < -0.39 is 0 Å². The summed E-state index contributed by atoms with van der Waals surface area (Å²) < 4.78 is 12.9. The van der Waals surface area contributed by atoms with Crippen LogP contribution in [0.15, 0.2) is 36.4 Å². The summed E-state index contributed by atoms with van der Waals surface area (Å²) in [5, 5.41) is 1.64. The number of rotatable bonds is 6. The number of hydrogen-bond donors (Lipinski definition) is 1. The van der Waals surface area contributed by atoms with Gasteiger partial charge in [0.25, 0.3) is 5.24 Å². The van der Waals surface area contributed by atoms with Crippen molar-refractivity contribution >= 4 is 46.5 Å². The van der Waals surface area contributed by atoms with Crippen LogP contribution < -0.4 is 14.8 Å². The summed E-state index contributed by atoms with van der Waals surface area (Å²) in [7, 11) is 3.46. The van der Waals surface area contributed by atoms with Gasteiger partial charge in [-0.3, -0.25) is 14.9 Å². The van der Waals surface area contributed by atoms with E-state index in [4.69, 9.17) is 9.47 Å². The lowest BCUT2D eigenvalue weighted by Gasteiger charge is -2.08. The minimum Gasteiger partial charge on any atom is -0.486 e. The average molecular weight is 435 g/mol. The summed E-state index contributed by atoms with van der Waals surface area (Å²) in [4.78, 5) is 31.9. The molecule has 1 aliphatic heterocycles. The van der Waals surface area contributed by atoms with Crippen LogP contribution in [0.5, 0.6) is 11.6 Å². The van der Waals surface area contributed by atoms with Crippen molar-refractivity contribution in [3.8, 4) is 11.6 Å². The van der Waals surface area contributed by atoms with Gasteiger partial charge in [0.2, 0.25) is 11.8 Å². The molecular weight excluding hydrogens is 416 g/mol. The predicted molar refractivity (Wildman–Crippen MR) is 112 cm³/mol. The van der Waals surface area contributed by atoms with E-state index in [0.717, 1.165) is 34.3 Å². The maximum absolute atomic E-state index is 11.7. The molecule has 0 bridgehead atoms. The number of thioether (sulfide) groups is 1. The summed E-state index contributed by atoms with van der Waals surface area (Å²) in [5.74, 6) is 1.75. The third kappa shape index (κ3) is 4.46. The summed E-state index contributed by atoms with van der Waals surface area (Å²) in [5.41, 5.74) is 2.48. The topological polar surface area (TPSA) is 95.3 Å². The van der Waals surface area contributed by atoms with Crippen LogP contribution >= 0.6 is 24.2 Å². The van der Waals surface area contributed by atoms with E-state index in [1.54, 1.807) is 13.2 Å². The first-order valence-corrected chi connectivity index (χ1v) is 9.51. The van der Waals surface area contributed by atoms with Crippen molar-refractivity contribution in [1.29, 1.82) is 0 Å². The Morgan fingerprint density at radius 1 is 1.14 bits per heavy atom. The Morgan fingerprint density at radius 3 is 2.55 bits per heavy atom. The maximum atomic E-state index is 11.7. The van der Waals surface area contributed by atoms with Gasteiger partial charge in [-0.1, -0.05) is 23.9 Å². The number of methoxy groups -OCH3 is 1. The van der Waals surface area contributed by atoms with E-state index in [0.29, 0.717) is 24.7 Å². The fraction of sp³-hybridized carbons (Fsp3) is 0.263. The Hall–Kier alpha value is -2.78. The number of ether oxygens (including phenoxy) is 2. The molecule has 2 aromatic heterocycles. The highest BCUT2D eigenvalue weighted by Gasteiger charge is 2.31. The number of halogens is 1. The third-order valence-electron chi connectivity index (χ3n) is 4.47. The highest BCUT2D eigenvalue weighted by atomic mass is 35.5. The number of fused-ring (bicyclic) bond motifs is 1. The van der Waals surface area contributed by atoms with Crippen LogP contribution in [0.3, 0.4) is 0 Å². The molecule has 152 valence electrons. The second kappa shape index (κ2) is 8.71. The Bertz CT molecular complexity index is 1050. The van der Waals surface area contributed by atoms with Gasteiger partial charge in [-0.05, 0) is 30.2 Å². The highest BCUT2D eigenvalue weighted by molar-refractivity contribution is 8.15. The van der Waals surface area contributed by atoms with Gasteiger partial charge >= 0.3 is 0 Å². The fourth-order valence-corrected chi connectivity index (χ4v) is 3.81. The van der Waals surface area contributed by atoms with Crippen LogP contribution in [-0.4, -0.2) is 38.0 Å². The van der Waals surface area contributed by atoms with E-state index in [1.807, 2.05) is 41.9 Å². The molecule has 1 unspecified atom stereocenters. The van der Waals surface area contributed by atoms with E-state index in [1.165, 1.54) is 0 Å². The lowest BCUT2D eigenvalue weighted by Crippen LogP contribution is -2.25. The molecule has 1 saturated heterocycles. The summed E-state index contributed by atoms with van der Waals surface area (Å²) >= 11 is 1.03. The first kappa shape index (κ1) is 20.9. The Morgan fingerprint density at radius 2 is 1.90 bits per heavy atom. The van der Waals surface area contributed by atoms with Crippen LogP contribution in [-0.2, 0) is 24.9 Å². The molecule has 10 heteroatoms. The molecule has 3 aromatic rings. The van der Waals surface area contributed by atoms with E-state index in [9.17, 15) is 9.59 Å². The number of carbonyl (C=O) groups excluding carboxylic acids is 2. The largest absolute Gasteiger partial charge is 0.486 e. The molecule has 8 nitrogen and oxygen atoms in total. The molecular formula is C19H19ClN4O4S. The number of imidazole rings is 1. The first-order chi connectivity index (χ1) is 13.5. The lowest BCUT2D eigenvalue weighted by molar-refractivity contribution is -0.118. The number of nitrogens with one attached hydrogen (secondary N) is 1. The molecule has 0 aliphatic carbocycles. The van der Waals surface area contributed by atoms with Crippen LogP contribution in [0.1, 0.15) is 11.4 Å². The number of amides is 2. The van der Waals surface area contributed by atoms with E-state index >= 15 is 0 Å². The minimum absolute atomic E-state index is 0. The van der Waals surface area contributed by atoms with Crippen molar-refractivity contribution in [3.05, 3.63) is 47.8 Å². The van der Waals surface area contributed by atoms with Crippen molar-refractivity contribution in [2.24, 2.45) is 7.05 Å². The zero-order valence-corrected chi connectivity index (χ0v) is 17.4. The van der Waals surface area contributed by atoms with E-state index in [2.05, 4.69) is 15.3 Å². The number of nitrogens with zero attached hydrogens (tertiary/aromatic N) is 3. The van der Waals surface area contributed by atoms with Gasteiger partial charge in [0.1, 0.15) is 23.7 Å². The number of imide groups is 1. The Labute approximate surface area is 177 Å². The summed E-state index contributed by atoms with van der Waals surface area (Å²) in [6.07, 6.45) is 0.501. The molecule has 1 fully saturated rings. The van der Waals surface area contributed by atoms with Gasteiger partial charge in [0.15, 0.2) is 5.65 Å². The van der Waals surface area contributed by atoms with Crippen molar-refractivity contribution < 1.29 is 19.1 Å². The first-order valence-electron chi connectivity index (χ1n) is 8.63. The molecule has 2 amide bonds. The average Bonchev–Trinajstić information content (AvgIpc) is 3.19. The zero-order chi connectivity index (χ0) is 19.7. The van der Waals surface area contributed by atoms with Gasteiger partial charge in [0, 0.05) is 13.1 Å². The number of carbonyl (C=O) groups is 2. The van der Waals surface area contributed by atoms with E-state index in [-0.39, 0.29) is 28.8 Å². The van der Waals surface area contributed by atoms with Crippen LogP contribution in [0.2, 0.25) is 0 Å². The molecule has 4 rings (SSSR count). The number of aromatic nitrogens is 3. The van der Waals surface area contributed by atoms with Crippen molar-refractivity contribution in [1.82, 2.24) is 19.9 Å². The molecule has 29 heavy (non-hydrogen) atoms. The SMILES string of the molecule is COc1ccc2nc(COc3ccc(CC4SC(=O)NC4=O)cc3)n(C)c2n1.Cl. The fourth-order valence-electron chi connectivity index (χ4n) is 2.95. The molecule has 1 atom stereocenters. The summed E-state index contributed by atoms with van der Waals surface area (Å²) in [6, 6.07) is 11.1. The highest BCUT2D eigenvalue weighted by Crippen LogP contribution is 2.24. The van der Waals surface area contributed by atoms with Crippen LogP contribution in [0.25, 0.3) is 11.2 Å². The summed E-state index contributed by atoms with van der Waals surface area (Å²) in [6.45, 7) is 0.296. The number of hydrogen-bond acceptors (Lipinski definition) is 7. The third-order valence-corrected chi connectivity index (χ3v) is 5.45. The van der Waals surface area contributed by atoms with Crippen molar-refractivity contribution in [3.63, 3.8) is 0 Å². The second-order valence-corrected chi connectivity index (χ2v) is 7.48. The molecule has 1 aromatic carbocycles. The van der Waals surface area contributed by atoms with Gasteiger partial charge < -0.3 is 14.0 Å². The monoisotopic (exact) mass is 434 g/mol. The Balaban J connectivity index is 0.00000240. The second-order valence-electron chi connectivity index (χ2n) is 6.30. The number of benzene rings is 1.